The Morgan fingerprint density at radius 1 is 1.38 bits per heavy atom. The van der Waals surface area contributed by atoms with Gasteiger partial charge in [-0.2, -0.15) is 0 Å². The molecule has 0 bridgehead atoms. The number of fused-ring (bicyclic) bond motifs is 1. The fourth-order valence-corrected chi connectivity index (χ4v) is 2.92. The summed E-state index contributed by atoms with van der Waals surface area (Å²) < 4.78 is 0. The van der Waals surface area contributed by atoms with Crippen LogP contribution in [0.2, 0.25) is 0 Å². The smallest absolute Gasteiger partial charge is 0.264 e. The van der Waals surface area contributed by atoms with E-state index >= 15 is 0 Å². The van der Waals surface area contributed by atoms with E-state index in [1.807, 2.05) is 19.1 Å². The highest BCUT2D eigenvalue weighted by Crippen LogP contribution is 2.44. The molecular weight excluding hydrogens is 266 g/mol. The molecule has 0 saturated heterocycles. The molecule has 2 rings (SSSR count). The van der Waals surface area contributed by atoms with Crippen LogP contribution in [-0.4, -0.2) is 23.3 Å². The minimum Gasteiger partial charge on any atom is -0.375 e. The molecule has 0 spiro atoms. The number of carbonyl (C=O) groups excluding carboxylic acids is 2. The SMILES string of the molecule is CC(=O)C[C@]1(O)C(=O)N(CCC(C)C)c2c(C)cccc21. The zero-order chi connectivity index (χ0) is 15.8. The summed E-state index contributed by atoms with van der Waals surface area (Å²) in [6.07, 6.45) is 0.691. The molecule has 21 heavy (non-hydrogen) atoms. The van der Waals surface area contributed by atoms with Crippen molar-refractivity contribution in [2.45, 2.75) is 46.1 Å². The first-order chi connectivity index (χ1) is 9.77. The summed E-state index contributed by atoms with van der Waals surface area (Å²) in [5.41, 5.74) is 0.576. The van der Waals surface area contributed by atoms with Gasteiger partial charge in [0, 0.05) is 18.5 Å². The highest BCUT2D eigenvalue weighted by atomic mass is 16.3. The summed E-state index contributed by atoms with van der Waals surface area (Å²) in [5, 5.41) is 10.8. The molecule has 1 atom stereocenters. The minimum atomic E-state index is -1.70. The van der Waals surface area contributed by atoms with Crippen LogP contribution in [-0.2, 0) is 15.2 Å². The highest BCUT2D eigenvalue weighted by molar-refractivity contribution is 6.09. The van der Waals surface area contributed by atoms with Crippen molar-refractivity contribution in [2.75, 3.05) is 11.4 Å². The van der Waals surface area contributed by atoms with Crippen LogP contribution in [0.25, 0.3) is 0 Å². The number of anilines is 1. The third-order valence-electron chi connectivity index (χ3n) is 3.99. The topological polar surface area (TPSA) is 57.6 Å². The Hall–Kier alpha value is -1.68. The van der Waals surface area contributed by atoms with Crippen LogP contribution < -0.4 is 4.90 Å². The molecule has 1 amide bonds. The molecule has 1 aromatic carbocycles. The van der Waals surface area contributed by atoms with Crippen LogP contribution in [0.5, 0.6) is 0 Å². The maximum absolute atomic E-state index is 12.7. The number of benzene rings is 1. The largest absolute Gasteiger partial charge is 0.375 e. The third kappa shape index (κ3) is 2.72. The van der Waals surface area contributed by atoms with Gasteiger partial charge in [0.2, 0.25) is 0 Å². The Balaban J connectivity index is 2.48. The van der Waals surface area contributed by atoms with E-state index in [1.165, 1.54) is 6.92 Å². The first-order valence-corrected chi connectivity index (χ1v) is 7.41. The normalized spacial score (nSPS) is 21.0. The molecule has 1 N–H and O–H groups in total. The van der Waals surface area contributed by atoms with Crippen molar-refractivity contribution in [2.24, 2.45) is 5.92 Å². The number of Topliss-reactive ketones (excluding diaryl/α,β-unsaturated/α-hetero) is 1. The van der Waals surface area contributed by atoms with E-state index in [0.717, 1.165) is 17.7 Å². The van der Waals surface area contributed by atoms with Crippen molar-refractivity contribution in [1.82, 2.24) is 0 Å². The lowest BCUT2D eigenvalue weighted by molar-refractivity contribution is -0.141. The van der Waals surface area contributed by atoms with Crippen molar-refractivity contribution in [3.8, 4) is 0 Å². The van der Waals surface area contributed by atoms with Crippen LogP contribution in [0.3, 0.4) is 0 Å². The van der Waals surface area contributed by atoms with E-state index in [4.69, 9.17) is 0 Å². The highest BCUT2D eigenvalue weighted by Gasteiger charge is 2.50. The van der Waals surface area contributed by atoms with Gasteiger partial charge in [0.1, 0.15) is 5.78 Å². The Bertz CT molecular complexity index is 579. The number of para-hydroxylation sites is 1. The second kappa shape index (κ2) is 5.60. The van der Waals surface area contributed by atoms with E-state index in [1.54, 1.807) is 11.0 Å². The number of nitrogens with zero attached hydrogens (tertiary/aromatic N) is 1. The van der Waals surface area contributed by atoms with Gasteiger partial charge >= 0.3 is 0 Å². The molecule has 0 aliphatic carbocycles. The van der Waals surface area contributed by atoms with E-state index in [9.17, 15) is 14.7 Å². The first kappa shape index (κ1) is 15.7. The second-order valence-corrected chi connectivity index (χ2v) is 6.35. The molecule has 0 fully saturated rings. The summed E-state index contributed by atoms with van der Waals surface area (Å²) in [4.78, 5) is 25.8. The molecular formula is C17H23NO3. The first-order valence-electron chi connectivity index (χ1n) is 7.41. The van der Waals surface area contributed by atoms with Gasteiger partial charge in [-0.25, -0.2) is 0 Å². The number of aliphatic hydroxyl groups is 1. The molecule has 1 aliphatic rings. The number of carbonyl (C=O) groups is 2. The standard InChI is InChI=1S/C17H23NO3/c1-11(2)8-9-18-15-12(3)6-5-7-14(15)17(21,16(18)20)10-13(4)19/h5-7,11,21H,8-10H2,1-4H3/t17-/m1/s1. The van der Waals surface area contributed by atoms with Gasteiger partial charge in [0.05, 0.1) is 5.69 Å². The predicted octanol–water partition coefficient (Wildman–Crippen LogP) is 2.55. The predicted molar refractivity (Wildman–Crippen MR) is 82.2 cm³/mol. The van der Waals surface area contributed by atoms with Crippen LogP contribution in [0.1, 0.15) is 44.7 Å². The van der Waals surface area contributed by atoms with Gasteiger partial charge in [-0.1, -0.05) is 32.0 Å². The molecule has 4 nitrogen and oxygen atoms in total. The van der Waals surface area contributed by atoms with E-state index < -0.39 is 5.60 Å². The zero-order valence-electron chi connectivity index (χ0n) is 13.1. The lowest BCUT2D eigenvalue weighted by atomic mass is 9.89. The fraction of sp³-hybridized carbons (Fsp3) is 0.529. The summed E-state index contributed by atoms with van der Waals surface area (Å²) in [6.45, 7) is 8.09. The lowest BCUT2D eigenvalue weighted by Crippen LogP contribution is -2.42. The third-order valence-corrected chi connectivity index (χ3v) is 3.99. The van der Waals surface area contributed by atoms with Crippen LogP contribution in [0.4, 0.5) is 5.69 Å². The molecule has 114 valence electrons. The Kier molecular flexibility index (Phi) is 4.19. The molecule has 1 heterocycles. The van der Waals surface area contributed by atoms with Crippen LogP contribution in [0.15, 0.2) is 18.2 Å². The van der Waals surface area contributed by atoms with Gasteiger partial charge in [-0.05, 0) is 31.7 Å². The molecule has 1 aliphatic heterocycles. The summed E-state index contributed by atoms with van der Waals surface area (Å²) >= 11 is 0. The van der Waals surface area contributed by atoms with Gasteiger partial charge in [0.15, 0.2) is 5.60 Å². The average Bonchev–Trinajstić information content (AvgIpc) is 2.58. The number of hydrogen-bond acceptors (Lipinski definition) is 3. The number of hydrogen-bond donors (Lipinski definition) is 1. The van der Waals surface area contributed by atoms with Crippen molar-refractivity contribution in [3.05, 3.63) is 29.3 Å². The van der Waals surface area contributed by atoms with Gasteiger partial charge in [-0.3, -0.25) is 9.59 Å². The second-order valence-electron chi connectivity index (χ2n) is 6.35. The molecule has 4 heteroatoms. The van der Waals surface area contributed by atoms with E-state index in [2.05, 4.69) is 13.8 Å². The van der Waals surface area contributed by atoms with Crippen LogP contribution in [0, 0.1) is 12.8 Å². The fourth-order valence-electron chi connectivity index (χ4n) is 2.92. The Labute approximate surface area is 125 Å². The Morgan fingerprint density at radius 3 is 2.62 bits per heavy atom. The average molecular weight is 289 g/mol. The molecule has 0 radical (unpaired) electrons. The molecule has 0 aromatic heterocycles. The monoisotopic (exact) mass is 289 g/mol. The van der Waals surface area contributed by atoms with Gasteiger partial charge in [-0.15, -0.1) is 0 Å². The maximum Gasteiger partial charge on any atom is 0.264 e. The number of amides is 1. The summed E-state index contributed by atoms with van der Waals surface area (Å²) in [7, 11) is 0. The van der Waals surface area contributed by atoms with Crippen molar-refractivity contribution in [3.63, 3.8) is 0 Å². The molecule has 0 unspecified atom stereocenters. The summed E-state index contributed by atoms with van der Waals surface area (Å²) in [6, 6.07) is 5.49. The van der Waals surface area contributed by atoms with E-state index in [-0.39, 0.29) is 18.1 Å². The summed E-state index contributed by atoms with van der Waals surface area (Å²) in [5.74, 6) is -0.0987. The maximum atomic E-state index is 12.7. The van der Waals surface area contributed by atoms with Crippen molar-refractivity contribution < 1.29 is 14.7 Å². The number of rotatable bonds is 5. The van der Waals surface area contributed by atoms with Crippen molar-refractivity contribution in [1.29, 1.82) is 0 Å². The van der Waals surface area contributed by atoms with Gasteiger partial charge in [0.25, 0.3) is 5.91 Å². The zero-order valence-corrected chi connectivity index (χ0v) is 13.1. The van der Waals surface area contributed by atoms with Crippen molar-refractivity contribution >= 4 is 17.4 Å². The van der Waals surface area contributed by atoms with Gasteiger partial charge < -0.3 is 10.0 Å². The quantitative estimate of drug-likeness (QED) is 0.906. The molecule has 1 aromatic rings. The Morgan fingerprint density at radius 2 is 2.05 bits per heavy atom. The lowest BCUT2D eigenvalue weighted by Gasteiger charge is -2.23. The van der Waals surface area contributed by atoms with E-state index in [0.29, 0.717) is 18.0 Å². The molecule has 0 saturated carbocycles. The number of aryl methyl sites for hydroxylation is 1. The van der Waals surface area contributed by atoms with Crippen LogP contribution >= 0.6 is 0 Å². The number of ketones is 1. The minimum absolute atomic E-state index is 0.166.